The standard InChI is InChI=1S/C13H19ClN2/c1-11-5-3-9-15-13(11)16(10-4-8-14)12-6-2-7-12/h3,5,9,12H,2,4,6-8,10H2,1H3. The molecule has 0 unspecified atom stereocenters. The second-order valence-corrected chi connectivity index (χ2v) is 4.84. The summed E-state index contributed by atoms with van der Waals surface area (Å²) in [5.74, 6) is 1.88. The molecule has 1 saturated carbocycles. The summed E-state index contributed by atoms with van der Waals surface area (Å²) in [6, 6.07) is 4.82. The van der Waals surface area contributed by atoms with Crippen LogP contribution in [-0.4, -0.2) is 23.5 Å². The predicted octanol–water partition coefficient (Wildman–Crippen LogP) is 3.38. The number of anilines is 1. The molecule has 16 heavy (non-hydrogen) atoms. The Balaban J connectivity index is 2.13. The summed E-state index contributed by atoms with van der Waals surface area (Å²) in [4.78, 5) is 6.96. The van der Waals surface area contributed by atoms with Gasteiger partial charge in [0.1, 0.15) is 5.82 Å². The van der Waals surface area contributed by atoms with Gasteiger partial charge in [0.2, 0.25) is 0 Å². The Morgan fingerprint density at radius 2 is 2.31 bits per heavy atom. The van der Waals surface area contributed by atoms with Crippen LogP contribution in [-0.2, 0) is 0 Å². The number of aryl methyl sites for hydroxylation is 1. The Hall–Kier alpha value is -0.760. The molecule has 88 valence electrons. The van der Waals surface area contributed by atoms with Crippen LogP contribution in [0.2, 0.25) is 0 Å². The highest BCUT2D eigenvalue weighted by molar-refractivity contribution is 6.17. The van der Waals surface area contributed by atoms with Gasteiger partial charge in [-0.1, -0.05) is 6.07 Å². The lowest BCUT2D eigenvalue weighted by atomic mass is 9.91. The normalized spacial score (nSPS) is 15.9. The summed E-state index contributed by atoms with van der Waals surface area (Å²) >= 11 is 5.79. The minimum absolute atomic E-state index is 0.691. The first-order valence-electron chi connectivity index (χ1n) is 6.07. The second kappa shape index (κ2) is 5.53. The van der Waals surface area contributed by atoms with Crippen LogP contribution in [0.3, 0.4) is 0 Å². The van der Waals surface area contributed by atoms with Crippen molar-refractivity contribution in [1.82, 2.24) is 4.98 Å². The number of halogens is 1. The molecule has 1 aromatic rings. The number of nitrogens with zero attached hydrogens (tertiary/aromatic N) is 2. The molecule has 0 bridgehead atoms. The lowest BCUT2D eigenvalue weighted by Crippen LogP contribution is -2.41. The van der Waals surface area contributed by atoms with Crippen LogP contribution < -0.4 is 4.90 Å². The third-order valence-corrected chi connectivity index (χ3v) is 3.57. The van der Waals surface area contributed by atoms with Gasteiger partial charge >= 0.3 is 0 Å². The molecule has 1 aromatic heterocycles. The van der Waals surface area contributed by atoms with Crippen LogP contribution in [0.5, 0.6) is 0 Å². The fraction of sp³-hybridized carbons (Fsp3) is 0.615. The molecule has 1 aliphatic rings. The van der Waals surface area contributed by atoms with Crippen molar-refractivity contribution < 1.29 is 0 Å². The Bertz CT molecular complexity index is 336. The third-order valence-electron chi connectivity index (χ3n) is 3.30. The number of hydrogen-bond acceptors (Lipinski definition) is 2. The molecule has 1 heterocycles. The smallest absolute Gasteiger partial charge is 0.131 e. The van der Waals surface area contributed by atoms with Crippen molar-refractivity contribution in [2.75, 3.05) is 17.3 Å². The number of pyridine rings is 1. The van der Waals surface area contributed by atoms with Crippen LogP contribution in [0.25, 0.3) is 0 Å². The van der Waals surface area contributed by atoms with E-state index in [1.165, 1.54) is 24.8 Å². The Kier molecular flexibility index (Phi) is 4.05. The van der Waals surface area contributed by atoms with Gasteiger partial charge in [-0.3, -0.25) is 0 Å². The molecule has 0 saturated heterocycles. The minimum atomic E-state index is 0.691. The molecule has 1 fully saturated rings. The zero-order valence-electron chi connectivity index (χ0n) is 9.82. The Labute approximate surface area is 103 Å². The van der Waals surface area contributed by atoms with Gasteiger partial charge in [-0.2, -0.15) is 0 Å². The van der Waals surface area contributed by atoms with Crippen LogP contribution in [0.1, 0.15) is 31.2 Å². The van der Waals surface area contributed by atoms with E-state index in [1.807, 2.05) is 12.3 Å². The lowest BCUT2D eigenvalue weighted by molar-refractivity contribution is 0.383. The van der Waals surface area contributed by atoms with Gasteiger partial charge in [0, 0.05) is 24.7 Å². The van der Waals surface area contributed by atoms with E-state index >= 15 is 0 Å². The van der Waals surface area contributed by atoms with Crippen molar-refractivity contribution in [2.24, 2.45) is 0 Å². The SMILES string of the molecule is Cc1cccnc1N(CCCCl)C1CCC1. The molecular formula is C13H19ClN2. The first kappa shape index (κ1) is 11.7. The molecule has 0 aliphatic heterocycles. The molecule has 0 aromatic carbocycles. The lowest BCUT2D eigenvalue weighted by Gasteiger charge is -2.39. The first-order chi connectivity index (χ1) is 7.83. The summed E-state index contributed by atoms with van der Waals surface area (Å²) in [5, 5.41) is 0. The molecule has 0 radical (unpaired) electrons. The summed E-state index contributed by atoms with van der Waals surface area (Å²) in [6.07, 6.45) is 6.88. The topological polar surface area (TPSA) is 16.1 Å². The molecule has 0 atom stereocenters. The van der Waals surface area contributed by atoms with E-state index in [9.17, 15) is 0 Å². The fourth-order valence-electron chi connectivity index (χ4n) is 2.17. The van der Waals surface area contributed by atoms with E-state index in [1.54, 1.807) is 0 Å². The van der Waals surface area contributed by atoms with Crippen LogP contribution in [0.15, 0.2) is 18.3 Å². The monoisotopic (exact) mass is 238 g/mol. The maximum Gasteiger partial charge on any atom is 0.131 e. The summed E-state index contributed by atoms with van der Waals surface area (Å²) in [6.45, 7) is 3.17. The van der Waals surface area contributed by atoms with E-state index in [-0.39, 0.29) is 0 Å². The van der Waals surface area contributed by atoms with E-state index in [4.69, 9.17) is 11.6 Å². The largest absolute Gasteiger partial charge is 0.353 e. The molecule has 1 aliphatic carbocycles. The predicted molar refractivity (Wildman–Crippen MR) is 69.3 cm³/mol. The van der Waals surface area contributed by atoms with Gasteiger partial charge in [-0.05, 0) is 44.2 Å². The number of aromatic nitrogens is 1. The third kappa shape index (κ3) is 2.49. The highest BCUT2D eigenvalue weighted by Crippen LogP contribution is 2.30. The molecule has 2 nitrogen and oxygen atoms in total. The van der Waals surface area contributed by atoms with Gasteiger partial charge in [-0.15, -0.1) is 11.6 Å². The van der Waals surface area contributed by atoms with Crippen molar-refractivity contribution in [3.8, 4) is 0 Å². The quantitative estimate of drug-likeness (QED) is 0.732. The van der Waals surface area contributed by atoms with Crippen molar-refractivity contribution in [2.45, 2.75) is 38.6 Å². The maximum absolute atomic E-state index is 5.79. The molecule has 3 heteroatoms. The second-order valence-electron chi connectivity index (χ2n) is 4.46. The first-order valence-corrected chi connectivity index (χ1v) is 6.60. The number of alkyl halides is 1. The Morgan fingerprint density at radius 1 is 1.50 bits per heavy atom. The van der Waals surface area contributed by atoms with Crippen LogP contribution in [0, 0.1) is 6.92 Å². The van der Waals surface area contributed by atoms with Gasteiger partial charge in [0.05, 0.1) is 0 Å². The van der Waals surface area contributed by atoms with Crippen LogP contribution >= 0.6 is 11.6 Å². The highest BCUT2D eigenvalue weighted by Gasteiger charge is 2.26. The number of hydrogen-bond donors (Lipinski definition) is 0. The molecule has 0 amide bonds. The van der Waals surface area contributed by atoms with Crippen molar-refractivity contribution in [1.29, 1.82) is 0 Å². The molecular weight excluding hydrogens is 220 g/mol. The number of rotatable bonds is 5. The fourth-order valence-corrected chi connectivity index (χ4v) is 2.29. The van der Waals surface area contributed by atoms with E-state index in [0.717, 1.165) is 24.7 Å². The summed E-state index contributed by atoms with van der Waals surface area (Å²) < 4.78 is 0. The van der Waals surface area contributed by atoms with Gasteiger partial charge < -0.3 is 4.90 Å². The van der Waals surface area contributed by atoms with Gasteiger partial charge in [0.25, 0.3) is 0 Å². The minimum Gasteiger partial charge on any atom is -0.353 e. The zero-order valence-corrected chi connectivity index (χ0v) is 10.6. The van der Waals surface area contributed by atoms with Gasteiger partial charge in [0.15, 0.2) is 0 Å². The van der Waals surface area contributed by atoms with Crippen LogP contribution in [0.4, 0.5) is 5.82 Å². The van der Waals surface area contributed by atoms with Crippen molar-refractivity contribution in [3.05, 3.63) is 23.9 Å². The summed E-state index contributed by atoms with van der Waals surface area (Å²) in [5.41, 5.74) is 1.27. The molecule has 2 rings (SSSR count). The van der Waals surface area contributed by atoms with Crippen molar-refractivity contribution in [3.63, 3.8) is 0 Å². The Morgan fingerprint density at radius 3 is 2.88 bits per heavy atom. The van der Waals surface area contributed by atoms with E-state index in [0.29, 0.717) is 6.04 Å². The van der Waals surface area contributed by atoms with E-state index in [2.05, 4.69) is 22.9 Å². The average molecular weight is 239 g/mol. The average Bonchev–Trinajstić information content (AvgIpc) is 2.22. The highest BCUT2D eigenvalue weighted by atomic mass is 35.5. The zero-order chi connectivity index (χ0) is 11.4. The maximum atomic E-state index is 5.79. The van der Waals surface area contributed by atoms with Crippen molar-refractivity contribution >= 4 is 17.4 Å². The van der Waals surface area contributed by atoms with E-state index < -0.39 is 0 Å². The summed E-state index contributed by atoms with van der Waals surface area (Å²) in [7, 11) is 0. The molecule has 0 spiro atoms. The molecule has 0 N–H and O–H groups in total. The van der Waals surface area contributed by atoms with Gasteiger partial charge in [-0.25, -0.2) is 4.98 Å².